The first-order valence-electron chi connectivity index (χ1n) is 10.3. The highest BCUT2D eigenvalue weighted by molar-refractivity contribution is 5.70. The van der Waals surface area contributed by atoms with Crippen molar-refractivity contribution >= 4 is 17.3 Å². The minimum absolute atomic E-state index is 0.136. The monoisotopic (exact) mass is 408 g/mol. The fourth-order valence-electron chi connectivity index (χ4n) is 4.54. The SMILES string of the molecule is CC(C)N1CC2(CCOCC2)c2cc(Nc3ncn(-c4ccnc(F)c4)n3)ccc21. The summed E-state index contributed by atoms with van der Waals surface area (Å²) >= 11 is 0. The highest BCUT2D eigenvalue weighted by atomic mass is 19.1. The molecular formula is C22H25FN6O. The molecule has 0 aliphatic carbocycles. The van der Waals surface area contributed by atoms with Crippen molar-refractivity contribution in [2.45, 2.75) is 38.1 Å². The quantitative estimate of drug-likeness (QED) is 0.662. The summed E-state index contributed by atoms with van der Waals surface area (Å²) in [6.07, 6.45) is 5.04. The van der Waals surface area contributed by atoms with Gasteiger partial charge in [0.15, 0.2) is 0 Å². The molecule has 2 aromatic heterocycles. The average Bonchev–Trinajstić information content (AvgIpc) is 3.32. The number of hydrogen-bond acceptors (Lipinski definition) is 6. The molecule has 1 N–H and O–H groups in total. The Labute approximate surface area is 174 Å². The van der Waals surface area contributed by atoms with Crippen LogP contribution in [0.1, 0.15) is 32.3 Å². The van der Waals surface area contributed by atoms with Crippen LogP contribution in [0.4, 0.5) is 21.7 Å². The molecule has 1 aromatic carbocycles. The molecule has 0 atom stereocenters. The van der Waals surface area contributed by atoms with Crippen molar-refractivity contribution in [2.24, 2.45) is 0 Å². The second-order valence-corrected chi connectivity index (χ2v) is 8.32. The predicted octanol–water partition coefficient (Wildman–Crippen LogP) is 3.82. The minimum Gasteiger partial charge on any atom is -0.381 e. The molecular weight excluding hydrogens is 383 g/mol. The van der Waals surface area contributed by atoms with Crippen molar-refractivity contribution in [1.82, 2.24) is 19.7 Å². The van der Waals surface area contributed by atoms with E-state index in [2.05, 4.69) is 57.3 Å². The smallest absolute Gasteiger partial charge is 0.246 e. The lowest BCUT2D eigenvalue weighted by atomic mass is 9.76. The third-order valence-electron chi connectivity index (χ3n) is 6.15. The van der Waals surface area contributed by atoms with Gasteiger partial charge in [0.25, 0.3) is 0 Å². The van der Waals surface area contributed by atoms with Gasteiger partial charge < -0.3 is 15.0 Å². The molecule has 0 amide bonds. The van der Waals surface area contributed by atoms with Gasteiger partial charge >= 0.3 is 0 Å². The summed E-state index contributed by atoms with van der Waals surface area (Å²) < 4.78 is 20.6. The molecule has 30 heavy (non-hydrogen) atoms. The van der Waals surface area contributed by atoms with Gasteiger partial charge in [-0.25, -0.2) is 9.67 Å². The third-order valence-corrected chi connectivity index (χ3v) is 6.15. The van der Waals surface area contributed by atoms with Gasteiger partial charge in [-0.3, -0.25) is 0 Å². The zero-order valence-electron chi connectivity index (χ0n) is 17.2. The molecule has 7 nitrogen and oxygen atoms in total. The molecule has 1 saturated heterocycles. The number of nitrogens with one attached hydrogen (secondary N) is 1. The van der Waals surface area contributed by atoms with Gasteiger partial charge in [0.2, 0.25) is 11.9 Å². The Morgan fingerprint density at radius 1 is 1.13 bits per heavy atom. The van der Waals surface area contributed by atoms with E-state index in [1.807, 2.05) is 0 Å². The summed E-state index contributed by atoms with van der Waals surface area (Å²) in [6, 6.07) is 9.95. The molecule has 156 valence electrons. The highest BCUT2D eigenvalue weighted by Gasteiger charge is 2.44. The number of fused-ring (bicyclic) bond motifs is 2. The maximum Gasteiger partial charge on any atom is 0.246 e. The minimum atomic E-state index is -0.549. The number of aromatic nitrogens is 4. The van der Waals surface area contributed by atoms with Crippen molar-refractivity contribution in [3.63, 3.8) is 0 Å². The van der Waals surface area contributed by atoms with Crippen molar-refractivity contribution in [3.8, 4) is 5.69 Å². The number of pyridine rings is 1. The van der Waals surface area contributed by atoms with Crippen LogP contribution in [0.3, 0.4) is 0 Å². The van der Waals surface area contributed by atoms with E-state index in [0.29, 0.717) is 17.7 Å². The zero-order valence-corrected chi connectivity index (χ0v) is 17.2. The van der Waals surface area contributed by atoms with E-state index >= 15 is 0 Å². The van der Waals surface area contributed by atoms with Gasteiger partial charge in [-0.05, 0) is 56.5 Å². The highest BCUT2D eigenvalue weighted by Crippen LogP contribution is 2.48. The van der Waals surface area contributed by atoms with Gasteiger partial charge in [0.05, 0.1) is 5.69 Å². The fraction of sp³-hybridized carbons (Fsp3) is 0.409. The van der Waals surface area contributed by atoms with Crippen LogP contribution in [0.15, 0.2) is 42.9 Å². The van der Waals surface area contributed by atoms with Crippen LogP contribution in [0.25, 0.3) is 5.69 Å². The molecule has 8 heteroatoms. The van der Waals surface area contributed by atoms with Crippen LogP contribution < -0.4 is 10.2 Å². The molecule has 1 fully saturated rings. The van der Waals surface area contributed by atoms with Crippen molar-refractivity contribution in [2.75, 3.05) is 30.0 Å². The molecule has 0 radical (unpaired) electrons. The van der Waals surface area contributed by atoms with E-state index in [0.717, 1.165) is 38.3 Å². The Balaban J connectivity index is 1.44. The van der Waals surface area contributed by atoms with E-state index in [1.54, 1.807) is 12.4 Å². The van der Waals surface area contributed by atoms with Gasteiger partial charge in [-0.1, -0.05) is 0 Å². The number of benzene rings is 1. The standard InChI is InChI=1S/C22H25FN6O/c1-15(2)28-13-22(6-9-30-10-7-22)18-11-16(3-4-19(18)28)26-21-25-14-29(27-21)17-5-8-24-20(23)12-17/h3-5,8,11-12,14-15H,6-7,9-10,13H2,1-2H3,(H,26,27). The Hall–Kier alpha value is -3.00. The van der Waals surface area contributed by atoms with E-state index in [4.69, 9.17) is 4.74 Å². The lowest BCUT2D eigenvalue weighted by Gasteiger charge is -2.35. The van der Waals surface area contributed by atoms with Crippen molar-refractivity contribution in [1.29, 1.82) is 0 Å². The van der Waals surface area contributed by atoms with Crippen molar-refractivity contribution < 1.29 is 9.13 Å². The Bertz CT molecular complexity index is 1060. The molecule has 2 aliphatic rings. The topological polar surface area (TPSA) is 68.1 Å². The van der Waals surface area contributed by atoms with E-state index in [-0.39, 0.29) is 5.41 Å². The maximum atomic E-state index is 13.4. The zero-order chi connectivity index (χ0) is 20.7. The summed E-state index contributed by atoms with van der Waals surface area (Å²) in [4.78, 5) is 10.4. The first-order chi connectivity index (χ1) is 14.5. The van der Waals surface area contributed by atoms with Gasteiger partial charge in [0, 0.05) is 54.9 Å². The summed E-state index contributed by atoms with van der Waals surface area (Å²) in [5.74, 6) is -0.0838. The van der Waals surface area contributed by atoms with E-state index in [9.17, 15) is 4.39 Å². The summed E-state index contributed by atoms with van der Waals surface area (Å²) in [5, 5.41) is 7.73. The first kappa shape index (κ1) is 19.0. The average molecular weight is 408 g/mol. The number of rotatable bonds is 4. The molecule has 1 spiro atoms. The molecule has 0 bridgehead atoms. The predicted molar refractivity (Wildman–Crippen MR) is 113 cm³/mol. The van der Waals surface area contributed by atoms with Crippen LogP contribution in [-0.2, 0) is 10.2 Å². The molecule has 2 aliphatic heterocycles. The molecule has 5 rings (SSSR count). The molecule has 0 unspecified atom stereocenters. The number of hydrogen-bond donors (Lipinski definition) is 1. The van der Waals surface area contributed by atoms with Gasteiger partial charge in [-0.15, -0.1) is 5.10 Å². The summed E-state index contributed by atoms with van der Waals surface area (Å²) in [5.41, 5.74) is 4.34. The van der Waals surface area contributed by atoms with Crippen LogP contribution in [0.5, 0.6) is 0 Å². The largest absolute Gasteiger partial charge is 0.381 e. The number of halogens is 1. The number of ether oxygens (including phenoxy) is 1. The van der Waals surface area contributed by atoms with E-state index < -0.39 is 5.95 Å². The molecule has 4 heterocycles. The van der Waals surface area contributed by atoms with Crippen LogP contribution in [-0.4, -0.2) is 45.5 Å². The summed E-state index contributed by atoms with van der Waals surface area (Å²) in [7, 11) is 0. The normalized spacial score (nSPS) is 17.5. The van der Waals surface area contributed by atoms with Crippen molar-refractivity contribution in [3.05, 3.63) is 54.4 Å². The van der Waals surface area contributed by atoms with Gasteiger partial charge in [0.1, 0.15) is 6.33 Å². The summed E-state index contributed by atoms with van der Waals surface area (Å²) in [6.45, 7) is 7.13. The Morgan fingerprint density at radius 2 is 1.97 bits per heavy atom. The second kappa shape index (κ2) is 7.36. The molecule has 3 aromatic rings. The Morgan fingerprint density at radius 3 is 2.73 bits per heavy atom. The maximum absolute atomic E-state index is 13.4. The lowest BCUT2D eigenvalue weighted by molar-refractivity contribution is 0.0551. The fourth-order valence-corrected chi connectivity index (χ4v) is 4.54. The van der Waals surface area contributed by atoms with Crippen LogP contribution >= 0.6 is 0 Å². The third kappa shape index (κ3) is 3.31. The number of nitrogens with zero attached hydrogens (tertiary/aromatic N) is 5. The van der Waals surface area contributed by atoms with E-state index in [1.165, 1.54) is 28.2 Å². The number of anilines is 3. The lowest BCUT2D eigenvalue weighted by Crippen LogP contribution is -2.40. The Kier molecular flexibility index (Phi) is 4.66. The first-order valence-corrected chi connectivity index (χ1v) is 10.3. The second-order valence-electron chi connectivity index (χ2n) is 8.32. The van der Waals surface area contributed by atoms with Gasteiger partial charge in [-0.2, -0.15) is 9.37 Å². The van der Waals surface area contributed by atoms with Crippen LogP contribution in [0.2, 0.25) is 0 Å². The molecule has 0 saturated carbocycles. The van der Waals surface area contributed by atoms with Crippen LogP contribution in [0, 0.1) is 5.95 Å².